The van der Waals surface area contributed by atoms with Gasteiger partial charge in [0, 0.05) is 0 Å². The maximum absolute atomic E-state index is 2.58. The lowest BCUT2D eigenvalue weighted by atomic mass is 9.93. The number of hydrogen-bond donors (Lipinski definition) is 0. The average Bonchev–Trinajstić information content (AvgIpc) is 3.25. The maximum atomic E-state index is 2.58. The van der Waals surface area contributed by atoms with Crippen molar-refractivity contribution in [2.24, 2.45) is 0 Å². The van der Waals surface area contributed by atoms with Gasteiger partial charge < -0.3 is 0 Å². The van der Waals surface area contributed by atoms with Crippen LogP contribution in [0.4, 0.5) is 0 Å². The molecule has 0 saturated carbocycles. The molecule has 0 N–H and O–H groups in total. The average molecular weight is 513 g/mol. The highest BCUT2D eigenvalue weighted by molar-refractivity contribution is 7.79. The van der Waals surface area contributed by atoms with Crippen molar-refractivity contribution in [1.82, 2.24) is 9.80 Å². The van der Waals surface area contributed by atoms with Gasteiger partial charge in [-0.05, 0) is 54.6 Å². The molecule has 0 bridgehead atoms. The lowest BCUT2D eigenvalue weighted by Gasteiger charge is -2.32. The van der Waals surface area contributed by atoms with Gasteiger partial charge in [-0.25, -0.2) is 0 Å². The molecule has 0 spiro atoms. The van der Waals surface area contributed by atoms with Crippen molar-refractivity contribution in [1.29, 1.82) is 0 Å². The Bertz CT molecular complexity index is 1370. The SMILES string of the molecule is CN1C(c2ccccc2P(c2ccccc2)c2ccccc2)N(C)[C@@H](c2ccccc2)[C@@H]1c1ccccc1. The third kappa shape index (κ3) is 4.61. The molecule has 38 heavy (non-hydrogen) atoms. The van der Waals surface area contributed by atoms with Crippen LogP contribution in [0.25, 0.3) is 0 Å². The minimum absolute atomic E-state index is 0.138. The summed E-state index contributed by atoms with van der Waals surface area (Å²) >= 11 is 0. The van der Waals surface area contributed by atoms with Crippen LogP contribution in [0, 0.1) is 0 Å². The minimum Gasteiger partial charge on any atom is -0.278 e. The van der Waals surface area contributed by atoms with E-state index < -0.39 is 7.92 Å². The number of hydrogen-bond acceptors (Lipinski definition) is 2. The van der Waals surface area contributed by atoms with Gasteiger partial charge in [0.05, 0.1) is 18.2 Å². The normalized spacial score (nSPS) is 18.7. The van der Waals surface area contributed by atoms with Crippen molar-refractivity contribution in [2.75, 3.05) is 14.1 Å². The van der Waals surface area contributed by atoms with Gasteiger partial charge in [0.2, 0.25) is 0 Å². The molecule has 5 aromatic rings. The molecule has 188 valence electrons. The fourth-order valence-corrected chi connectivity index (χ4v) is 8.58. The summed E-state index contributed by atoms with van der Waals surface area (Å²) in [6.45, 7) is 0. The van der Waals surface area contributed by atoms with E-state index in [9.17, 15) is 0 Å². The van der Waals surface area contributed by atoms with Gasteiger partial charge >= 0.3 is 0 Å². The minimum atomic E-state index is -0.711. The van der Waals surface area contributed by atoms with Crippen LogP contribution in [0.5, 0.6) is 0 Å². The second kappa shape index (κ2) is 11.1. The van der Waals surface area contributed by atoms with Crippen LogP contribution in [0.3, 0.4) is 0 Å². The van der Waals surface area contributed by atoms with Crippen LogP contribution in [-0.2, 0) is 0 Å². The van der Waals surface area contributed by atoms with Gasteiger partial charge in [-0.15, -0.1) is 0 Å². The topological polar surface area (TPSA) is 6.48 Å². The predicted molar refractivity (Wildman–Crippen MR) is 162 cm³/mol. The smallest absolute Gasteiger partial charge is 0.0899 e. The van der Waals surface area contributed by atoms with Crippen molar-refractivity contribution >= 4 is 23.8 Å². The zero-order valence-corrected chi connectivity index (χ0v) is 22.8. The lowest BCUT2D eigenvalue weighted by Crippen LogP contribution is -2.33. The molecule has 2 nitrogen and oxygen atoms in total. The highest BCUT2D eigenvalue weighted by atomic mass is 31.1. The first-order valence-corrected chi connectivity index (χ1v) is 14.6. The van der Waals surface area contributed by atoms with E-state index >= 15 is 0 Å². The number of rotatable bonds is 6. The van der Waals surface area contributed by atoms with E-state index in [1.807, 2.05) is 0 Å². The van der Waals surface area contributed by atoms with Gasteiger partial charge in [-0.1, -0.05) is 146 Å². The molecule has 1 heterocycles. The molecule has 5 aromatic carbocycles. The van der Waals surface area contributed by atoms with E-state index in [0.29, 0.717) is 0 Å². The van der Waals surface area contributed by atoms with Crippen LogP contribution in [0.2, 0.25) is 0 Å². The van der Waals surface area contributed by atoms with Crippen LogP contribution in [0.15, 0.2) is 146 Å². The Hall–Kier alpha value is -3.55. The maximum Gasteiger partial charge on any atom is 0.0899 e. The van der Waals surface area contributed by atoms with Crippen molar-refractivity contribution in [2.45, 2.75) is 18.2 Å². The van der Waals surface area contributed by atoms with Crippen molar-refractivity contribution in [3.63, 3.8) is 0 Å². The summed E-state index contributed by atoms with van der Waals surface area (Å²) in [6, 6.07) is 53.6. The first kappa shape index (κ1) is 24.8. The molecular weight excluding hydrogens is 479 g/mol. The Kier molecular flexibility index (Phi) is 7.20. The van der Waals surface area contributed by atoms with Crippen LogP contribution in [-0.4, -0.2) is 23.9 Å². The Morgan fingerprint density at radius 3 is 1.26 bits per heavy atom. The molecule has 0 aromatic heterocycles. The molecule has 3 heteroatoms. The summed E-state index contributed by atoms with van der Waals surface area (Å²) in [5.74, 6) is 0. The first-order chi connectivity index (χ1) is 18.7. The van der Waals surface area contributed by atoms with E-state index in [4.69, 9.17) is 0 Å². The number of benzene rings is 5. The molecule has 6 rings (SSSR count). The highest BCUT2D eigenvalue weighted by Gasteiger charge is 2.46. The third-order valence-corrected chi connectivity index (χ3v) is 10.2. The summed E-state index contributed by atoms with van der Waals surface area (Å²) in [6.07, 6.45) is 0.138. The monoisotopic (exact) mass is 512 g/mol. The Morgan fingerprint density at radius 2 is 0.816 bits per heavy atom. The second-order valence-electron chi connectivity index (χ2n) is 9.98. The van der Waals surface area contributed by atoms with Gasteiger partial charge in [-0.3, -0.25) is 9.80 Å². The van der Waals surface area contributed by atoms with Gasteiger partial charge in [0.25, 0.3) is 0 Å². The van der Waals surface area contributed by atoms with Crippen molar-refractivity contribution in [3.8, 4) is 0 Å². The van der Waals surface area contributed by atoms with Gasteiger partial charge in [0.15, 0.2) is 0 Å². The molecule has 0 aliphatic carbocycles. The molecule has 2 atom stereocenters. The molecule has 1 fully saturated rings. The summed E-state index contributed by atoms with van der Waals surface area (Å²) in [7, 11) is 3.88. The summed E-state index contributed by atoms with van der Waals surface area (Å²) in [5.41, 5.74) is 4.09. The zero-order chi connectivity index (χ0) is 25.9. The summed E-state index contributed by atoms with van der Waals surface area (Å²) in [4.78, 5) is 5.16. The number of nitrogens with zero attached hydrogens (tertiary/aromatic N) is 2. The summed E-state index contributed by atoms with van der Waals surface area (Å²) < 4.78 is 0. The van der Waals surface area contributed by atoms with Crippen molar-refractivity contribution in [3.05, 3.63) is 162 Å². The van der Waals surface area contributed by atoms with Crippen molar-refractivity contribution < 1.29 is 0 Å². The third-order valence-electron chi connectivity index (χ3n) is 7.71. The fourth-order valence-electron chi connectivity index (χ4n) is 6.10. The highest BCUT2D eigenvalue weighted by Crippen LogP contribution is 2.51. The standard InChI is InChI=1S/C35H33N2P/c1-36-33(27-17-7-3-8-18-27)34(28-19-9-4-10-20-28)37(2)35(36)31-25-15-16-26-32(31)38(29-21-11-5-12-22-29)30-23-13-6-14-24-30/h3-26,33-35H,1-2H3/t33-,34-/m0/s1. The van der Waals surface area contributed by atoms with Crippen LogP contribution >= 0.6 is 7.92 Å². The Labute approximate surface area is 227 Å². The van der Waals surface area contributed by atoms with Crippen LogP contribution in [0.1, 0.15) is 34.9 Å². The predicted octanol–water partition coefficient (Wildman–Crippen LogP) is 6.80. The quantitative estimate of drug-likeness (QED) is 0.231. The largest absolute Gasteiger partial charge is 0.278 e. The van der Waals surface area contributed by atoms with E-state index in [1.165, 1.54) is 32.6 Å². The Balaban J connectivity index is 1.51. The molecule has 1 aliphatic rings. The molecule has 1 aliphatic heterocycles. The van der Waals surface area contributed by atoms with Gasteiger partial charge in [-0.2, -0.15) is 0 Å². The van der Waals surface area contributed by atoms with E-state index in [2.05, 4.69) is 169 Å². The van der Waals surface area contributed by atoms with Gasteiger partial charge in [0.1, 0.15) is 0 Å². The van der Waals surface area contributed by atoms with Crippen LogP contribution < -0.4 is 15.9 Å². The Morgan fingerprint density at radius 1 is 0.447 bits per heavy atom. The van der Waals surface area contributed by atoms with E-state index in [1.54, 1.807) is 0 Å². The molecule has 0 amide bonds. The molecule has 0 unspecified atom stereocenters. The fraction of sp³-hybridized carbons (Fsp3) is 0.143. The molecule has 1 saturated heterocycles. The van der Waals surface area contributed by atoms with E-state index in [0.717, 1.165) is 0 Å². The zero-order valence-electron chi connectivity index (χ0n) is 21.9. The number of likely N-dealkylation sites (N-methyl/N-ethyl adjacent to an activating group) is 2. The second-order valence-corrected chi connectivity index (χ2v) is 12.2. The molecule has 0 radical (unpaired) electrons. The first-order valence-electron chi connectivity index (χ1n) is 13.3. The molecular formula is C35H33N2P. The lowest BCUT2D eigenvalue weighted by molar-refractivity contribution is 0.165. The summed E-state index contributed by atoms with van der Waals surface area (Å²) in [5, 5.41) is 4.18. The van der Waals surface area contributed by atoms with E-state index in [-0.39, 0.29) is 18.2 Å².